The second-order valence-electron chi connectivity index (χ2n) is 4.84. The van der Waals surface area contributed by atoms with Gasteiger partial charge in [-0.05, 0) is 32.9 Å². The first kappa shape index (κ1) is 13.8. The molecule has 21 heavy (non-hydrogen) atoms. The fraction of sp³-hybridized carbons (Fsp3) is 0.267. The molecule has 3 aromatic rings. The molecule has 3 heterocycles. The zero-order valence-corrected chi connectivity index (χ0v) is 13.1. The maximum absolute atomic E-state index is 4.47. The first-order chi connectivity index (χ1) is 10.1. The fourth-order valence-electron chi connectivity index (χ4n) is 2.17. The number of anilines is 1. The minimum Gasteiger partial charge on any atom is -0.379 e. The van der Waals surface area contributed by atoms with Crippen LogP contribution in [-0.4, -0.2) is 19.5 Å². The Morgan fingerprint density at radius 1 is 1.19 bits per heavy atom. The second-order valence-corrected chi connectivity index (χ2v) is 6.13. The molecule has 3 aromatic heterocycles. The molecule has 0 atom stereocenters. The van der Waals surface area contributed by atoms with Gasteiger partial charge in [0.15, 0.2) is 0 Å². The number of thiazole rings is 1. The van der Waals surface area contributed by atoms with Crippen LogP contribution in [0.3, 0.4) is 0 Å². The lowest BCUT2D eigenvalue weighted by molar-refractivity contribution is 0.932. The number of hydrogen-bond acceptors (Lipinski definition) is 5. The first-order valence-corrected chi connectivity index (χ1v) is 7.58. The second kappa shape index (κ2) is 5.65. The smallest absolute Gasteiger partial charge is 0.138 e. The van der Waals surface area contributed by atoms with Crippen LogP contribution >= 0.6 is 11.3 Å². The first-order valence-electron chi connectivity index (χ1n) is 6.76. The van der Waals surface area contributed by atoms with Gasteiger partial charge in [-0.2, -0.15) is 0 Å². The van der Waals surface area contributed by atoms with Crippen molar-refractivity contribution < 1.29 is 0 Å². The Labute approximate surface area is 127 Å². The van der Waals surface area contributed by atoms with Gasteiger partial charge in [0.1, 0.15) is 11.6 Å². The minimum absolute atomic E-state index is 0.780. The van der Waals surface area contributed by atoms with Crippen molar-refractivity contribution in [2.75, 3.05) is 5.32 Å². The standard InChI is InChI=1S/C15H17N5S/c1-10-14(21-12(3)19-10)9-17-13-4-5-15(18-8-13)20-7-6-16-11(20)2/h4-8,17H,9H2,1-3H3. The van der Waals surface area contributed by atoms with Crippen molar-refractivity contribution in [3.05, 3.63) is 52.1 Å². The molecule has 0 unspecified atom stereocenters. The van der Waals surface area contributed by atoms with Crippen LogP contribution in [0.25, 0.3) is 5.82 Å². The van der Waals surface area contributed by atoms with E-state index in [2.05, 4.69) is 20.3 Å². The van der Waals surface area contributed by atoms with Crippen molar-refractivity contribution in [2.45, 2.75) is 27.3 Å². The Balaban J connectivity index is 1.70. The Bertz CT molecular complexity index is 742. The van der Waals surface area contributed by atoms with Crippen molar-refractivity contribution in [3.63, 3.8) is 0 Å². The summed E-state index contributed by atoms with van der Waals surface area (Å²) in [5.74, 6) is 1.80. The molecule has 1 N–H and O–H groups in total. The molecule has 0 aromatic carbocycles. The van der Waals surface area contributed by atoms with Gasteiger partial charge in [0.2, 0.25) is 0 Å². The molecule has 0 aliphatic heterocycles. The molecule has 108 valence electrons. The number of pyridine rings is 1. The summed E-state index contributed by atoms with van der Waals surface area (Å²) in [6.45, 7) is 6.82. The molecule has 3 rings (SSSR count). The molecule has 0 spiro atoms. The summed E-state index contributed by atoms with van der Waals surface area (Å²) in [6, 6.07) is 4.02. The van der Waals surface area contributed by atoms with Gasteiger partial charge in [0.25, 0.3) is 0 Å². The monoisotopic (exact) mass is 299 g/mol. The number of imidazole rings is 1. The molecule has 0 aliphatic carbocycles. The summed E-state index contributed by atoms with van der Waals surface area (Å²) in [6.07, 6.45) is 5.53. The molecule has 6 heteroatoms. The highest BCUT2D eigenvalue weighted by Gasteiger charge is 2.05. The molecule has 0 saturated heterocycles. The lowest BCUT2D eigenvalue weighted by Gasteiger charge is -2.07. The van der Waals surface area contributed by atoms with E-state index in [1.165, 1.54) is 4.88 Å². The number of aryl methyl sites for hydroxylation is 3. The Hall–Kier alpha value is -2.21. The van der Waals surface area contributed by atoms with Crippen LogP contribution < -0.4 is 5.32 Å². The SMILES string of the molecule is Cc1nc(C)c(CNc2ccc(-n3ccnc3C)nc2)s1. The molecule has 0 bridgehead atoms. The predicted molar refractivity (Wildman–Crippen MR) is 85.0 cm³/mol. The van der Waals surface area contributed by atoms with E-state index in [9.17, 15) is 0 Å². The van der Waals surface area contributed by atoms with Crippen LogP contribution in [0.5, 0.6) is 0 Å². The quantitative estimate of drug-likeness (QED) is 0.803. The van der Waals surface area contributed by atoms with Crippen LogP contribution in [0, 0.1) is 20.8 Å². The number of rotatable bonds is 4. The van der Waals surface area contributed by atoms with Crippen molar-refractivity contribution >= 4 is 17.0 Å². The molecule has 0 fully saturated rings. The van der Waals surface area contributed by atoms with Crippen molar-refractivity contribution in [2.24, 2.45) is 0 Å². The molecule has 0 saturated carbocycles. The molecular formula is C15H17N5S. The van der Waals surface area contributed by atoms with Gasteiger partial charge >= 0.3 is 0 Å². The van der Waals surface area contributed by atoms with E-state index in [1.54, 1.807) is 17.5 Å². The van der Waals surface area contributed by atoms with E-state index in [0.717, 1.165) is 34.6 Å². The third-order valence-corrected chi connectivity index (χ3v) is 4.35. The number of nitrogens with one attached hydrogen (secondary N) is 1. The van der Waals surface area contributed by atoms with Crippen LogP contribution in [-0.2, 0) is 6.54 Å². The van der Waals surface area contributed by atoms with Crippen molar-refractivity contribution in [1.82, 2.24) is 19.5 Å². The maximum Gasteiger partial charge on any atom is 0.138 e. The summed E-state index contributed by atoms with van der Waals surface area (Å²) in [4.78, 5) is 14.4. The lowest BCUT2D eigenvalue weighted by atomic mass is 10.3. The Morgan fingerprint density at radius 3 is 2.62 bits per heavy atom. The molecule has 0 aliphatic rings. The summed E-state index contributed by atoms with van der Waals surface area (Å²) >= 11 is 1.73. The van der Waals surface area contributed by atoms with Gasteiger partial charge in [-0.1, -0.05) is 0 Å². The molecule has 5 nitrogen and oxygen atoms in total. The summed E-state index contributed by atoms with van der Waals surface area (Å²) in [5.41, 5.74) is 2.10. The van der Waals surface area contributed by atoms with Crippen LogP contribution in [0.4, 0.5) is 5.69 Å². The largest absolute Gasteiger partial charge is 0.379 e. The van der Waals surface area contributed by atoms with E-state index in [1.807, 2.05) is 49.9 Å². The zero-order valence-electron chi connectivity index (χ0n) is 12.3. The third-order valence-electron chi connectivity index (χ3n) is 3.27. The highest BCUT2D eigenvalue weighted by atomic mass is 32.1. The van der Waals surface area contributed by atoms with Crippen molar-refractivity contribution in [3.8, 4) is 5.82 Å². The van der Waals surface area contributed by atoms with Crippen molar-refractivity contribution in [1.29, 1.82) is 0 Å². The van der Waals surface area contributed by atoms with Gasteiger partial charge in [-0.25, -0.2) is 15.0 Å². The summed E-state index contributed by atoms with van der Waals surface area (Å²) in [5, 5.41) is 4.49. The van der Waals surface area contributed by atoms with E-state index >= 15 is 0 Å². The summed E-state index contributed by atoms with van der Waals surface area (Å²) in [7, 11) is 0. The third kappa shape index (κ3) is 2.95. The van der Waals surface area contributed by atoms with E-state index in [-0.39, 0.29) is 0 Å². The van der Waals surface area contributed by atoms with Crippen LogP contribution in [0.15, 0.2) is 30.7 Å². The summed E-state index contributed by atoms with van der Waals surface area (Å²) < 4.78 is 1.96. The zero-order chi connectivity index (χ0) is 14.8. The average molecular weight is 299 g/mol. The van der Waals surface area contributed by atoms with Crippen LogP contribution in [0.1, 0.15) is 21.4 Å². The minimum atomic E-state index is 0.780. The normalized spacial score (nSPS) is 10.8. The van der Waals surface area contributed by atoms with E-state index < -0.39 is 0 Å². The average Bonchev–Trinajstić information content (AvgIpc) is 3.03. The Morgan fingerprint density at radius 2 is 2.05 bits per heavy atom. The van der Waals surface area contributed by atoms with E-state index in [4.69, 9.17) is 0 Å². The van der Waals surface area contributed by atoms with Gasteiger partial charge in [-0.3, -0.25) is 4.57 Å². The highest BCUT2D eigenvalue weighted by molar-refractivity contribution is 7.11. The predicted octanol–water partition coefficient (Wildman–Crippen LogP) is 3.26. The fourth-order valence-corrected chi connectivity index (χ4v) is 3.05. The number of nitrogens with zero attached hydrogens (tertiary/aromatic N) is 4. The number of aromatic nitrogens is 4. The Kier molecular flexibility index (Phi) is 3.70. The molecular weight excluding hydrogens is 282 g/mol. The highest BCUT2D eigenvalue weighted by Crippen LogP contribution is 2.19. The lowest BCUT2D eigenvalue weighted by Crippen LogP contribution is -2.02. The van der Waals surface area contributed by atoms with Crippen LogP contribution in [0.2, 0.25) is 0 Å². The molecule has 0 radical (unpaired) electrons. The number of hydrogen-bond donors (Lipinski definition) is 1. The molecule has 0 amide bonds. The van der Waals surface area contributed by atoms with Gasteiger partial charge in [0.05, 0.1) is 29.1 Å². The van der Waals surface area contributed by atoms with E-state index in [0.29, 0.717) is 0 Å². The van der Waals surface area contributed by atoms with Gasteiger partial charge < -0.3 is 5.32 Å². The van der Waals surface area contributed by atoms with Gasteiger partial charge in [-0.15, -0.1) is 11.3 Å². The maximum atomic E-state index is 4.47. The topological polar surface area (TPSA) is 55.6 Å². The van der Waals surface area contributed by atoms with Gasteiger partial charge in [0, 0.05) is 17.3 Å².